The monoisotopic (exact) mass is 350 g/mol. The van der Waals surface area contributed by atoms with Crippen LogP contribution in [0.5, 0.6) is 5.75 Å². The molecule has 3 aromatic rings. The van der Waals surface area contributed by atoms with E-state index in [4.69, 9.17) is 4.74 Å². The van der Waals surface area contributed by atoms with Gasteiger partial charge in [0.15, 0.2) is 11.0 Å². The van der Waals surface area contributed by atoms with Crippen LogP contribution in [-0.4, -0.2) is 21.9 Å². The third-order valence-corrected chi connectivity index (χ3v) is 4.89. The molecule has 1 heterocycles. The fourth-order valence-electron chi connectivity index (χ4n) is 2.53. The molecule has 0 aliphatic heterocycles. The summed E-state index contributed by atoms with van der Waals surface area (Å²) in [6, 6.07) is 17.7. The van der Waals surface area contributed by atoms with Crippen LogP contribution in [-0.2, 0) is 12.3 Å². The number of nitriles is 1. The lowest BCUT2D eigenvalue weighted by Crippen LogP contribution is -2.00. The predicted molar refractivity (Wildman–Crippen MR) is 98.4 cm³/mol. The summed E-state index contributed by atoms with van der Waals surface area (Å²) in [6.07, 6.45) is 0. The number of hydrogen-bond donors (Lipinski definition) is 0. The molecule has 0 bridgehead atoms. The molecule has 0 unspecified atom stereocenters. The molecule has 0 atom stereocenters. The second-order valence-electron chi connectivity index (χ2n) is 5.34. The Hall–Kier alpha value is -2.78. The molecule has 5 nitrogen and oxygen atoms in total. The van der Waals surface area contributed by atoms with Crippen molar-refractivity contribution in [2.24, 2.45) is 0 Å². The number of methoxy groups -OCH3 is 1. The first-order valence-corrected chi connectivity index (χ1v) is 8.93. The second-order valence-corrected chi connectivity index (χ2v) is 6.28. The molecule has 0 saturated carbocycles. The second kappa shape index (κ2) is 7.86. The van der Waals surface area contributed by atoms with Crippen molar-refractivity contribution in [2.75, 3.05) is 7.11 Å². The third kappa shape index (κ3) is 3.67. The first kappa shape index (κ1) is 17.1. The Morgan fingerprint density at radius 2 is 1.88 bits per heavy atom. The zero-order chi connectivity index (χ0) is 17.6. The van der Waals surface area contributed by atoms with Crippen molar-refractivity contribution >= 4 is 11.8 Å². The van der Waals surface area contributed by atoms with E-state index in [1.54, 1.807) is 18.9 Å². The molecule has 0 N–H and O–H groups in total. The van der Waals surface area contributed by atoms with Crippen molar-refractivity contribution in [2.45, 2.75) is 24.4 Å². The SMILES string of the molecule is CCn1c(SCc2ccccc2C#N)nnc1-c1ccc(OC)cc1. The highest BCUT2D eigenvalue weighted by Gasteiger charge is 2.14. The normalized spacial score (nSPS) is 10.4. The van der Waals surface area contributed by atoms with Gasteiger partial charge in [-0.1, -0.05) is 30.0 Å². The first-order chi connectivity index (χ1) is 12.3. The lowest BCUT2D eigenvalue weighted by Gasteiger charge is -2.08. The van der Waals surface area contributed by atoms with E-state index in [1.165, 1.54) is 0 Å². The Labute approximate surface area is 151 Å². The van der Waals surface area contributed by atoms with Gasteiger partial charge in [0.25, 0.3) is 0 Å². The van der Waals surface area contributed by atoms with E-state index in [9.17, 15) is 5.26 Å². The third-order valence-electron chi connectivity index (χ3n) is 3.88. The predicted octanol–water partition coefficient (Wildman–Crippen LogP) is 4.14. The number of rotatable bonds is 6. The maximum absolute atomic E-state index is 9.21. The van der Waals surface area contributed by atoms with E-state index < -0.39 is 0 Å². The van der Waals surface area contributed by atoms with E-state index in [2.05, 4.69) is 27.8 Å². The topological polar surface area (TPSA) is 63.7 Å². The minimum atomic E-state index is 0.685. The Morgan fingerprint density at radius 3 is 2.56 bits per heavy atom. The van der Waals surface area contributed by atoms with Crippen LogP contribution in [0.25, 0.3) is 11.4 Å². The summed E-state index contributed by atoms with van der Waals surface area (Å²) in [5, 5.41) is 18.7. The Morgan fingerprint density at radius 1 is 1.12 bits per heavy atom. The average molecular weight is 350 g/mol. The molecule has 0 amide bonds. The fraction of sp³-hybridized carbons (Fsp3) is 0.211. The number of aromatic nitrogens is 3. The molecule has 2 aromatic carbocycles. The molecule has 0 radical (unpaired) electrons. The largest absolute Gasteiger partial charge is 0.497 e. The lowest BCUT2D eigenvalue weighted by molar-refractivity contribution is 0.415. The van der Waals surface area contributed by atoms with Gasteiger partial charge < -0.3 is 9.30 Å². The quantitative estimate of drug-likeness (QED) is 0.625. The molecule has 1 aromatic heterocycles. The minimum Gasteiger partial charge on any atom is -0.497 e. The van der Waals surface area contributed by atoms with Gasteiger partial charge in [0.1, 0.15) is 5.75 Å². The van der Waals surface area contributed by atoms with Crippen molar-refractivity contribution in [3.63, 3.8) is 0 Å². The molecule has 0 saturated heterocycles. The minimum absolute atomic E-state index is 0.685. The van der Waals surface area contributed by atoms with E-state index in [1.807, 2.05) is 48.5 Å². The highest BCUT2D eigenvalue weighted by Crippen LogP contribution is 2.28. The van der Waals surface area contributed by atoms with Crippen molar-refractivity contribution < 1.29 is 4.74 Å². The molecule has 0 aliphatic carbocycles. The van der Waals surface area contributed by atoms with Crippen LogP contribution in [0.15, 0.2) is 53.7 Å². The van der Waals surface area contributed by atoms with Gasteiger partial charge in [-0.05, 0) is 42.8 Å². The molecular formula is C19H18N4OS. The average Bonchev–Trinajstić information content (AvgIpc) is 3.09. The molecule has 0 spiro atoms. The standard InChI is InChI=1S/C19H18N4OS/c1-3-23-18(14-8-10-17(24-2)11-9-14)21-22-19(23)25-13-16-7-5-4-6-15(16)12-20/h4-11H,3,13H2,1-2H3. The number of ether oxygens (including phenoxy) is 1. The molecule has 6 heteroatoms. The summed E-state index contributed by atoms with van der Waals surface area (Å²) in [5.41, 5.74) is 2.71. The van der Waals surface area contributed by atoms with Crippen molar-refractivity contribution in [3.05, 3.63) is 59.7 Å². The van der Waals surface area contributed by atoms with Gasteiger partial charge in [-0.25, -0.2) is 0 Å². The van der Waals surface area contributed by atoms with Gasteiger partial charge in [-0.3, -0.25) is 0 Å². The highest BCUT2D eigenvalue weighted by atomic mass is 32.2. The van der Waals surface area contributed by atoms with E-state index >= 15 is 0 Å². The summed E-state index contributed by atoms with van der Waals surface area (Å²) >= 11 is 1.59. The van der Waals surface area contributed by atoms with Crippen LogP contribution in [0.2, 0.25) is 0 Å². The molecule has 126 valence electrons. The molecule has 0 aliphatic rings. The van der Waals surface area contributed by atoms with Gasteiger partial charge in [-0.2, -0.15) is 5.26 Å². The van der Waals surface area contributed by atoms with E-state index in [0.717, 1.165) is 34.4 Å². The lowest BCUT2D eigenvalue weighted by atomic mass is 10.1. The summed E-state index contributed by atoms with van der Waals surface area (Å²) < 4.78 is 7.29. The van der Waals surface area contributed by atoms with Crippen molar-refractivity contribution in [1.82, 2.24) is 14.8 Å². The first-order valence-electron chi connectivity index (χ1n) is 7.95. The zero-order valence-electron chi connectivity index (χ0n) is 14.1. The number of nitrogens with zero attached hydrogens (tertiary/aromatic N) is 4. The van der Waals surface area contributed by atoms with Gasteiger partial charge in [-0.15, -0.1) is 10.2 Å². The summed E-state index contributed by atoms with van der Waals surface area (Å²) in [7, 11) is 1.65. The van der Waals surface area contributed by atoms with Crippen LogP contribution in [0.4, 0.5) is 0 Å². The zero-order valence-corrected chi connectivity index (χ0v) is 15.0. The van der Waals surface area contributed by atoms with E-state index in [-0.39, 0.29) is 0 Å². The van der Waals surface area contributed by atoms with Crippen LogP contribution < -0.4 is 4.74 Å². The molecule has 3 rings (SSSR count). The summed E-state index contributed by atoms with van der Waals surface area (Å²) in [6.45, 7) is 2.85. The van der Waals surface area contributed by atoms with Crippen molar-refractivity contribution in [1.29, 1.82) is 5.26 Å². The van der Waals surface area contributed by atoms with Crippen LogP contribution in [0.1, 0.15) is 18.1 Å². The Kier molecular flexibility index (Phi) is 5.36. The van der Waals surface area contributed by atoms with Crippen LogP contribution >= 0.6 is 11.8 Å². The summed E-state index contributed by atoms with van der Waals surface area (Å²) in [5.74, 6) is 2.33. The van der Waals surface area contributed by atoms with E-state index in [0.29, 0.717) is 11.3 Å². The molecule has 0 fully saturated rings. The smallest absolute Gasteiger partial charge is 0.191 e. The highest BCUT2D eigenvalue weighted by molar-refractivity contribution is 7.98. The van der Waals surface area contributed by atoms with Gasteiger partial charge in [0, 0.05) is 17.9 Å². The molecular weight excluding hydrogens is 332 g/mol. The van der Waals surface area contributed by atoms with Crippen LogP contribution in [0, 0.1) is 11.3 Å². The van der Waals surface area contributed by atoms with Gasteiger partial charge >= 0.3 is 0 Å². The van der Waals surface area contributed by atoms with Crippen LogP contribution in [0.3, 0.4) is 0 Å². The summed E-state index contributed by atoms with van der Waals surface area (Å²) in [4.78, 5) is 0. The van der Waals surface area contributed by atoms with Gasteiger partial charge in [0.05, 0.1) is 18.7 Å². The maximum Gasteiger partial charge on any atom is 0.191 e. The fourth-order valence-corrected chi connectivity index (χ4v) is 3.54. The van der Waals surface area contributed by atoms with Crippen molar-refractivity contribution in [3.8, 4) is 23.2 Å². The molecule has 25 heavy (non-hydrogen) atoms. The van der Waals surface area contributed by atoms with Gasteiger partial charge in [0.2, 0.25) is 0 Å². The Balaban J connectivity index is 1.83. The number of hydrogen-bond acceptors (Lipinski definition) is 5. The number of thioether (sulfide) groups is 1. The maximum atomic E-state index is 9.21. The number of benzene rings is 2. The Bertz CT molecular complexity index is 897.